The molecule has 1 heterocycles. The molecule has 1 fully saturated rings. The molecule has 2 aromatic carbocycles. The summed E-state index contributed by atoms with van der Waals surface area (Å²) in [6.07, 6.45) is 1.91. The predicted molar refractivity (Wildman–Crippen MR) is 124 cm³/mol. The lowest BCUT2D eigenvalue weighted by Crippen LogP contribution is -2.46. The van der Waals surface area contributed by atoms with Crippen molar-refractivity contribution in [3.05, 3.63) is 65.2 Å². The lowest BCUT2D eigenvalue weighted by atomic mass is 9.86. The highest BCUT2D eigenvalue weighted by Gasteiger charge is 2.25. The number of benzene rings is 2. The summed E-state index contributed by atoms with van der Waals surface area (Å²) in [6.45, 7) is 10.4. The van der Waals surface area contributed by atoms with Crippen LogP contribution in [0.2, 0.25) is 0 Å². The summed E-state index contributed by atoms with van der Waals surface area (Å²) >= 11 is 0. The summed E-state index contributed by atoms with van der Waals surface area (Å²) in [4.78, 5) is 27.1. The Bertz CT molecular complexity index is 874. The Morgan fingerprint density at radius 2 is 1.61 bits per heavy atom. The van der Waals surface area contributed by atoms with Gasteiger partial charge in [-0.2, -0.15) is 0 Å². The molecule has 0 aromatic heterocycles. The first kappa shape index (κ1) is 22.9. The Morgan fingerprint density at radius 1 is 1.00 bits per heavy atom. The Hall–Kier alpha value is -2.82. The minimum Gasteiger partial charge on any atom is -0.494 e. The van der Waals surface area contributed by atoms with Crippen LogP contribution in [0.15, 0.2) is 48.5 Å². The molecule has 0 atom stereocenters. The quantitative estimate of drug-likeness (QED) is 0.753. The Morgan fingerprint density at radius 3 is 2.16 bits per heavy atom. The van der Waals surface area contributed by atoms with Crippen molar-refractivity contribution in [3.63, 3.8) is 0 Å². The van der Waals surface area contributed by atoms with Crippen LogP contribution < -0.4 is 10.1 Å². The van der Waals surface area contributed by atoms with E-state index in [1.54, 1.807) is 0 Å². The summed E-state index contributed by atoms with van der Waals surface area (Å²) in [5.41, 5.74) is 2.99. The molecule has 1 N–H and O–H groups in total. The van der Waals surface area contributed by atoms with Crippen LogP contribution in [0.5, 0.6) is 5.75 Å². The summed E-state index contributed by atoms with van der Waals surface area (Å²) in [5, 5.41) is 3.12. The number of nitrogens with one attached hydrogen (secondary N) is 1. The number of nitrogens with zero attached hydrogens (tertiary/aromatic N) is 1. The van der Waals surface area contributed by atoms with E-state index in [0.717, 1.165) is 29.7 Å². The van der Waals surface area contributed by atoms with E-state index in [2.05, 4.69) is 26.1 Å². The summed E-state index contributed by atoms with van der Waals surface area (Å²) in [6, 6.07) is 15.7. The Labute approximate surface area is 185 Å². The molecule has 2 amide bonds. The zero-order valence-electron chi connectivity index (χ0n) is 19.1. The van der Waals surface area contributed by atoms with Crippen LogP contribution in [0.3, 0.4) is 0 Å². The molecule has 1 saturated heterocycles. The summed E-state index contributed by atoms with van der Waals surface area (Å²) in [7, 11) is 0. The van der Waals surface area contributed by atoms with E-state index < -0.39 is 0 Å². The van der Waals surface area contributed by atoms with E-state index in [0.29, 0.717) is 26.1 Å². The van der Waals surface area contributed by atoms with Gasteiger partial charge in [0.2, 0.25) is 5.91 Å². The van der Waals surface area contributed by atoms with E-state index in [-0.39, 0.29) is 23.3 Å². The maximum absolute atomic E-state index is 12.8. The van der Waals surface area contributed by atoms with Crippen molar-refractivity contribution < 1.29 is 14.3 Å². The molecule has 2 aromatic rings. The van der Waals surface area contributed by atoms with Crippen molar-refractivity contribution in [2.24, 2.45) is 0 Å². The van der Waals surface area contributed by atoms with Crippen LogP contribution in [0.1, 0.15) is 62.0 Å². The number of amides is 2. The number of likely N-dealkylation sites (tertiary alicyclic amines) is 1. The molecule has 0 aliphatic carbocycles. The maximum atomic E-state index is 12.8. The fourth-order valence-corrected chi connectivity index (χ4v) is 3.86. The van der Waals surface area contributed by atoms with Gasteiger partial charge in [-0.25, -0.2) is 0 Å². The Balaban J connectivity index is 1.46. The van der Waals surface area contributed by atoms with Crippen molar-refractivity contribution in [3.8, 4) is 5.75 Å². The fourth-order valence-electron chi connectivity index (χ4n) is 3.86. The van der Waals surface area contributed by atoms with Crippen molar-refractivity contribution in [2.75, 3.05) is 19.7 Å². The maximum Gasteiger partial charge on any atom is 0.253 e. The highest BCUT2D eigenvalue weighted by molar-refractivity contribution is 5.94. The lowest BCUT2D eigenvalue weighted by Gasteiger charge is -2.32. The van der Waals surface area contributed by atoms with Gasteiger partial charge in [0, 0.05) is 24.7 Å². The number of carbonyl (C=O) groups excluding carboxylic acids is 2. The average Bonchev–Trinajstić information content (AvgIpc) is 2.75. The minimum atomic E-state index is 0.0201. The third-order valence-corrected chi connectivity index (χ3v) is 5.74. The molecular weight excluding hydrogens is 388 g/mol. The molecule has 3 rings (SSSR count). The van der Waals surface area contributed by atoms with Gasteiger partial charge in [-0.05, 0) is 60.6 Å². The minimum absolute atomic E-state index is 0.0201. The zero-order valence-corrected chi connectivity index (χ0v) is 19.1. The van der Waals surface area contributed by atoms with Crippen molar-refractivity contribution in [2.45, 2.75) is 58.4 Å². The van der Waals surface area contributed by atoms with Crippen LogP contribution in [-0.4, -0.2) is 42.5 Å². The number of hydrogen-bond acceptors (Lipinski definition) is 3. The fraction of sp³-hybridized carbons (Fsp3) is 0.462. The highest BCUT2D eigenvalue weighted by Crippen LogP contribution is 2.23. The topological polar surface area (TPSA) is 58.6 Å². The van der Waals surface area contributed by atoms with Gasteiger partial charge in [0.25, 0.3) is 5.91 Å². The third-order valence-electron chi connectivity index (χ3n) is 5.74. The van der Waals surface area contributed by atoms with Gasteiger partial charge in [-0.1, -0.05) is 45.0 Å². The Kier molecular flexibility index (Phi) is 7.37. The zero-order chi connectivity index (χ0) is 22.4. The van der Waals surface area contributed by atoms with Crippen molar-refractivity contribution in [1.82, 2.24) is 10.2 Å². The van der Waals surface area contributed by atoms with E-state index >= 15 is 0 Å². The molecular formula is C26H34N2O3. The van der Waals surface area contributed by atoms with E-state index in [1.165, 1.54) is 5.56 Å². The van der Waals surface area contributed by atoms with Gasteiger partial charge in [0.15, 0.2) is 0 Å². The largest absolute Gasteiger partial charge is 0.494 e. The third kappa shape index (κ3) is 6.33. The smallest absolute Gasteiger partial charge is 0.253 e. The van der Waals surface area contributed by atoms with Gasteiger partial charge >= 0.3 is 0 Å². The molecule has 0 radical (unpaired) electrons. The normalized spacial score (nSPS) is 14.9. The van der Waals surface area contributed by atoms with Gasteiger partial charge in [0.1, 0.15) is 5.75 Å². The summed E-state index contributed by atoms with van der Waals surface area (Å²) in [5.74, 6) is 0.906. The molecule has 0 saturated carbocycles. The van der Waals surface area contributed by atoms with Crippen molar-refractivity contribution in [1.29, 1.82) is 0 Å². The number of carbonyl (C=O) groups is 2. The molecule has 5 heteroatoms. The number of piperidine rings is 1. The second-order valence-electron chi connectivity index (χ2n) is 9.22. The molecule has 5 nitrogen and oxygen atoms in total. The van der Waals surface area contributed by atoms with Crippen LogP contribution in [-0.2, 0) is 16.6 Å². The van der Waals surface area contributed by atoms with Crippen LogP contribution in [0.25, 0.3) is 0 Å². The second-order valence-corrected chi connectivity index (χ2v) is 9.22. The van der Waals surface area contributed by atoms with Crippen LogP contribution in [0.4, 0.5) is 0 Å². The van der Waals surface area contributed by atoms with Crippen LogP contribution >= 0.6 is 0 Å². The molecule has 1 aliphatic rings. The van der Waals surface area contributed by atoms with Gasteiger partial charge in [-0.3, -0.25) is 9.59 Å². The molecule has 0 bridgehead atoms. The first-order chi connectivity index (χ1) is 14.8. The molecule has 0 unspecified atom stereocenters. The first-order valence-corrected chi connectivity index (χ1v) is 11.2. The van der Waals surface area contributed by atoms with E-state index in [1.807, 2.05) is 60.4 Å². The van der Waals surface area contributed by atoms with Gasteiger partial charge in [-0.15, -0.1) is 0 Å². The summed E-state index contributed by atoms with van der Waals surface area (Å²) < 4.78 is 5.44. The first-order valence-electron chi connectivity index (χ1n) is 11.2. The lowest BCUT2D eigenvalue weighted by molar-refractivity contribution is -0.121. The average molecular weight is 423 g/mol. The molecule has 166 valence electrons. The SMILES string of the molecule is CCOc1ccc(CC(=O)NC2CCN(C(=O)c3ccc(C(C)(C)C)cc3)CC2)cc1. The highest BCUT2D eigenvalue weighted by atomic mass is 16.5. The predicted octanol–water partition coefficient (Wildman–Crippen LogP) is 4.35. The van der Waals surface area contributed by atoms with Crippen molar-refractivity contribution >= 4 is 11.8 Å². The number of ether oxygens (including phenoxy) is 1. The molecule has 1 aliphatic heterocycles. The van der Waals surface area contributed by atoms with Crippen LogP contribution in [0, 0.1) is 0 Å². The molecule has 31 heavy (non-hydrogen) atoms. The van der Waals surface area contributed by atoms with Gasteiger partial charge < -0.3 is 15.0 Å². The monoisotopic (exact) mass is 422 g/mol. The van der Waals surface area contributed by atoms with E-state index in [4.69, 9.17) is 4.74 Å². The van der Waals surface area contributed by atoms with Gasteiger partial charge in [0.05, 0.1) is 13.0 Å². The van der Waals surface area contributed by atoms with E-state index in [9.17, 15) is 9.59 Å². The molecule has 0 spiro atoms. The number of hydrogen-bond donors (Lipinski definition) is 1. The number of rotatable bonds is 6. The standard InChI is InChI=1S/C26H34N2O3/c1-5-31-23-12-6-19(7-13-23)18-24(29)27-22-14-16-28(17-15-22)25(30)20-8-10-21(11-9-20)26(2,3)4/h6-13,22H,5,14-18H2,1-4H3,(H,27,29). The second kappa shape index (κ2) is 9.99.